The molecule has 1 N–H and O–H groups in total. The van der Waals surface area contributed by atoms with Crippen molar-refractivity contribution in [2.45, 2.75) is 45.7 Å². The Balaban J connectivity index is 1.90. The second kappa shape index (κ2) is 12.6. The van der Waals surface area contributed by atoms with Crippen LogP contribution in [0.4, 0.5) is 5.69 Å². The molecule has 9 nitrogen and oxygen atoms in total. The van der Waals surface area contributed by atoms with Gasteiger partial charge in [0.05, 0.1) is 11.9 Å². The fourth-order valence-corrected chi connectivity index (χ4v) is 4.85. The number of amides is 2. The van der Waals surface area contributed by atoms with Crippen LogP contribution in [-0.4, -0.2) is 63.7 Å². The van der Waals surface area contributed by atoms with Gasteiger partial charge in [-0.2, -0.15) is 0 Å². The van der Waals surface area contributed by atoms with Crippen molar-refractivity contribution in [2.75, 3.05) is 36.9 Å². The number of benzene rings is 2. The van der Waals surface area contributed by atoms with Crippen molar-refractivity contribution in [3.05, 3.63) is 54.1 Å². The summed E-state index contributed by atoms with van der Waals surface area (Å²) < 4.78 is 37.7. The van der Waals surface area contributed by atoms with Gasteiger partial charge in [-0.25, -0.2) is 8.42 Å². The van der Waals surface area contributed by atoms with E-state index in [0.717, 1.165) is 29.0 Å². The van der Waals surface area contributed by atoms with Crippen molar-refractivity contribution in [3.8, 4) is 11.5 Å². The lowest BCUT2D eigenvalue weighted by molar-refractivity contribution is -0.140. The Morgan fingerprint density at radius 1 is 1.03 bits per heavy atom. The van der Waals surface area contributed by atoms with E-state index >= 15 is 0 Å². The minimum absolute atomic E-state index is 0.179. The number of unbranched alkanes of at least 4 members (excludes halogenated alkanes) is 1. The molecule has 0 aliphatic carbocycles. The highest BCUT2D eigenvalue weighted by atomic mass is 32.2. The third-order valence-electron chi connectivity index (χ3n) is 5.90. The average Bonchev–Trinajstić information content (AvgIpc) is 2.87. The lowest BCUT2D eigenvalue weighted by Gasteiger charge is -2.33. The summed E-state index contributed by atoms with van der Waals surface area (Å²) in [7, 11) is -3.83. The zero-order chi connectivity index (χ0) is 26.1. The molecule has 0 saturated heterocycles. The Kier molecular flexibility index (Phi) is 9.58. The molecule has 0 saturated carbocycles. The maximum absolute atomic E-state index is 13.7. The summed E-state index contributed by atoms with van der Waals surface area (Å²) >= 11 is 0. The minimum Gasteiger partial charge on any atom is -0.486 e. The van der Waals surface area contributed by atoms with Crippen LogP contribution in [0.2, 0.25) is 0 Å². The predicted molar refractivity (Wildman–Crippen MR) is 139 cm³/mol. The molecule has 1 atom stereocenters. The van der Waals surface area contributed by atoms with E-state index in [2.05, 4.69) is 5.32 Å². The molecule has 0 spiro atoms. The van der Waals surface area contributed by atoms with Crippen LogP contribution in [0.5, 0.6) is 11.5 Å². The smallest absolute Gasteiger partial charge is 0.244 e. The van der Waals surface area contributed by atoms with Crippen molar-refractivity contribution in [3.63, 3.8) is 0 Å². The second-order valence-corrected chi connectivity index (χ2v) is 10.6. The van der Waals surface area contributed by atoms with Crippen molar-refractivity contribution in [1.29, 1.82) is 0 Å². The number of hydrogen-bond acceptors (Lipinski definition) is 6. The molecule has 0 bridgehead atoms. The largest absolute Gasteiger partial charge is 0.486 e. The van der Waals surface area contributed by atoms with Gasteiger partial charge in [0.25, 0.3) is 0 Å². The standard InChI is InChI=1S/C26H35N3O6S/c1-4-6-14-27-26(31)22(5-2)28(18-20-10-8-7-9-11-20)25(30)19-29(36(3,32)33)21-12-13-23-24(17-21)35-16-15-34-23/h7-13,17,22H,4-6,14-16,18-19H2,1-3H3,(H,27,31)/t22-/m1/s1. The van der Waals surface area contributed by atoms with Crippen LogP contribution in [0, 0.1) is 0 Å². The first-order valence-corrected chi connectivity index (χ1v) is 14.1. The molecule has 196 valence electrons. The summed E-state index contributed by atoms with van der Waals surface area (Å²) in [5.74, 6) is 0.213. The highest BCUT2D eigenvalue weighted by Crippen LogP contribution is 2.34. The van der Waals surface area contributed by atoms with E-state index in [-0.39, 0.29) is 18.1 Å². The number of carbonyl (C=O) groups excluding carboxylic acids is 2. The third kappa shape index (κ3) is 7.13. The third-order valence-corrected chi connectivity index (χ3v) is 7.04. The van der Waals surface area contributed by atoms with E-state index < -0.39 is 28.5 Å². The quantitative estimate of drug-likeness (QED) is 0.434. The van der Waals surface area contributed by atoms with Gasteiger partial charge < -0.3 is 19.7 Å². The highest BCUT2D eigenvalue weighted by molar-refractivity contribution is 7.92. The molecule has 3 rings (SSSR count). The van der Waals surface area contributed by atoms with Gasteiger partial charge in [0, 0.05) is 19.2 Å². The zero-order valence-electron chi connectivity index (χ0n) is 21.1. The van der Waals surface area contributed by atoms with Crippen LogP contribution in [0.1, 0.15) is 38.7 Å². The number of ether oxygens (including phenoxy) is 2. The first-order chi connectivity index (χ1) is 17.2. The number of anilines is 1. The summed E-state index contributed by atoms with van der Waals surface area (Å²) in [5, 5.41) is 2.91. The van der Waals surface area contributed by atoms with Crippen LogP contribution in [0.25, 0.3) is 0 Å². The summed E-state index contributed by atoms with van der Waals surface area (Å²) in [4.78, 5) is 28.2. The molecule has 2 aromatic carbocycles. The molecule has 10 heteroatoms. The first kappa shape index (κ1) is 27.3. The molecule has 2 aromatic rings. The van der Waals surface area contributed by atoms with Gasteiger partial charge in [-0.3, -0.25) is 13.9 Å². The van der Waals surface area contributed by atoms with Crippen molar-refractivity contribution in [1.82, 2.24) is 10.2 Å². The van der Waals surface area contributed by atoms with Gasteiger partial charge >= 0.3 is 0 Å². The minimum atomic E-state index is -3.83. The van der Waals surface area contributed by atoms with E-state index in [9.17, 15) is 18.0 Å². The Bertz CT molecular complexity index is 1140. The fourth-order valence-electron chi connectivity index (χ4n) is 4.01. The number of nitrogens with zero attached hydrogens (tertiary/aromatic N) is 2. The lowest BCUT2D eigenvalue weighted by atomic mass is 10.1. The number of rotatable bonds is 12. The Labute approximate surface area is 213 Å². The number of nitrogens with one attached hydrogen (secondary N) is 1. The van der Waals surface area contributed by atoms with Gasteiger partial charge in [-0.05, 0) is 30.5 Å². The summed E-state index contributed by atoms with van der Waals surface area (Å²) in [6, 6.07) is 13.4. The summed E-state index contributed by atoms with van der Waals surface area (Å²) in [6.07, 6.45) is 3.20. The monoisotopic (exact) mass is 517 g/mol. The summed E-state index contributed by atoms with van der Waals surface area (Å²) in [6.45, 7) is 4.88. The molecule has 1 heterocycles. The van der Waals surface area contributed by atoms with Gasteiger partial charge in [0.2, 0.25) is 21.8 Å². The van der Waals surface area contributed by atoms with Gasteiger partial charge in [0.15, 0.2) is 11.5 Å². The highest BCUT2D eigenvalue weighted by Gasteiger charge is 2.32. The van der Waals surface area contributed by atoms with E-state index in [4.69, 9.17) is 9.47 Å². The molecule has 0 radical (unpaired) electrons. The van der Waals surface area contributed by atoms with Crippen molar-refractivity contribution < 1.29 is 27.5 Å². The maximum atomic E-state index is 13.7. The van der Waals surface area contributed by atoms with Crippen LogP contribution >= 0.6 is 0 Å². The molecule has 0 fully saturated rings. The average molecular weight is 518 g/mol. The number of fused-ring (bicyclic) bond motifs is 1. The molecule has 0 aromatic heterocycles. The fraction of sp³-hybridized carbons (Fsp3) is 0.462. The Morgan fingerprint density at radius 2 is 1.72 bits per heavy atom. The topological polar surface area (TPSA) is 105 Å². The molecule has 2 amide bonds. The number of carbonyl (C=O) groups is 2. The number of sulfonamides is 1. The van der Waals surface area contributed by atoms with Crippen LogP contribution < -0.4 is 19.1 Å². The lowest BCUT2D eigenvalue weighted by Crippen LogP contribution is -2.52. The normalized spacial score (nSPS) is 13.5. The second-order valence-electron chi connectivity index (χ2n) is 8.67. The van der Waals surface area contributed by atoms with Crippen LogP contribution in [-0.2, 0) is 26.2 Å². The molecule has 1 aliphatic heterocycles. The molecule has 0 unspecified atom stereocenters. The predicted octanol–water partition coefficient (Wildman–Crippen LogP) is 2.95. The Morgan fingerprint density at radius 3 is 2.36 bits per heavy atom. The SMILES string of the molecule is CCCCNC(=O)[C@@H](CC)N(Cc1ccccc1)C(=O)CN(c1ccc2c(c1)OCCO2)S(C)(=O)=O. The molecular formula is C26H35N3O6S. The number of hydrogen-bond donors (Lipinski definition) is 1. The van der Waals surface area contributed by atoms with Gasteiger partial charge in [0.1, 0.15) is 25.8 Å². The van der Waals surface area contributed by atoms with Crippen molar-refractivity contribution >= 4 is 27.5 Å². The van der Waals surface area contributed by atoms with Gasteiger partial charge in [-0.15, -0.1) is 0 Å². The summed E-state index contributed by atoms with van der Waals surface area (Å²) in [5.41, 5.74) is 1.13. The van der Waals surface area contributed by atoms with Crippen LogP contribution in [0.3, 0.4) is 0 Å². The van der Waals surface area contributed by atoms with E-state index in [1.807, 2.05) is 44.2 Å². The Hall–Kier alpha value is -3.27. The molecular weight excluding hydrogens is 482 g/mol. The van der Waals surface area contributed by atoms with E-state index in [1.54, 1.807) is 18.2 Å². The van der Waals surface area contributed by atoms with E-state index in [1.165, 1.54) is 4.90 Å². The van der Waals surface area contributed by atoms with E-state index in [0.29, 0.717) is 37.7 Å². The molecule has 36 heavy (non-hydrogen) atoms. The molecule has 1 aliphatic rings. The van der Waals surface area contributed by atoms with Gasteiger partial charge in [-0.1, -0.05) is 50.6 Å². The van der Waals surface area contributed by atoms with Crippen LogP contribution in [0.15, 0.2) is 48.5 Å². The zero-order valence-corrected chi connectivity index (χ0v) is 21.9. The first-order valence-electron chi connectivity index (χ1n) is 12.2. The van der Waals surface area contributed by atoms with Crippen molar-refractivity contribution in [2.24, 2.45) is 0 Å². The maximum Gasteiger partial charge on any atom is 0.244 e.